The number of phenolic OH excluding ortho intramolecular Hbond substituents is 2. The summed E-state index contributed by atoms with van der Waals surface area (Å²) in [5.74, 6) is 0.361. The maximum absolute atomic E-state index is 10.7. The molecule has 0 radical (unpaired) electrons. The molecule has 0 spiro atoms. The fourth-order valence-corrected chi connectivity index (χ4v) is 3.32. The van der Waals surface area contributed by atoms with E-state index < -0.39 is 5.60 Å². The summed E-state index contributed by atoms with van der Waals surface area (Å²) in [6.07, 6.45) is 6.66. The van der Waals surface area contributed by atoms with E-state index in [0.717, 1.165) is 16.5 Å². The van der Waals surface area contributed by atoms with Crippen molar-refractivity contribution in [3.8, 4) is 11.5 Å². The molecule has 0 bridgehead atoms. The number of para-hydroxylation sites is 1. The van der Waals surface area contributed by atoms with Gasteiger partial charge >= 0.3 is 0 Å². The predicted molar refractivity (Wildman–Crippen MR) is 111 cm³/mol. The van der Waals surface area contributed by atoms with Crippen LogP contribution in [0.25, 0.3) is 23.1 Å². The van der Waals surface area contributed by atoms with Gasteiger partial charge in [0.15, 0.2) is 0 Å². The number of aliphatic hydroxyl groups is 1. The van der Waals surface area contributed by atoms with E-state index in [-0.39, 0.29) is 11.5 Å². The Labute approximate surface area is 159 Å². The van der Waals surface area contributed by atoms with Gasteiger partial charge in [0.1, 0.15) is 11.5 Å². The summed E-state index contributed by atoms with van der Waals surface area (Å²) in [7, 11) is 0. The van der Waals surface area contributed by atoms with Crippen LogP contribution in [0.3, 0.4) is 0 Å². The number of phenols is 2. The van der Waals surface area contributed by atoms with Gasteiger partial charge in [0, 0.05) is 28.2 Å². The normalized spacial score (nSPS) is 12.3. The van der Waals surface area contributed by atoms with Gasteiger partial charge in [-0.25, -0.2) is 0 Å². The third-order valence-electron chi connectivity index (χ3n) is 5.18. The molecule has 0 saturated carbocycles. The average molecular weight is 365 g/mol. The molecule has 0 amide bonds. The average Bonchev–Trinajstić information content (AvgIpc) is 3.03. The number of hydrogen-bond donors (Lipinski definition) is 4. The third-order valence-corrected chi connectivity index (χ3v) is 5.18. The van der Waals surface area contributed by atoms with Gasteiger partial charge in [0.25, 0.3) is 0 Å². The number of rotatable bonds is 5. The Balaban J connectivity index is 2.07. The molecule has 0 aliphatic carbocycles. The molecule has 0 fully saturated rings. The lowest BCUT2D eigenvalue weighted by Gasteiger charge is -2.20. The molecule has 4 N–H and O–H groups in total. The Morgan fingerprint density at radius 3 is 2.37 bits per heavy atom. The van der Waals surface area contributed by atoms with Gasteiger partial charge in [-0.3, -0.25) is 0 Å². The topological polar surface area (TPSA) is 76.5 Å². The van der Waals surface area contributed by atoms with E-state index in [9.17, 15) is 15.3 Å². The van der Waals surface area contributed by atoms with Crippen LogP contribution in [0.1, 0.15) is 48.1 Å². The van der Waals surface area contributed by atoms with Crippen LogP contribution in [0.5, 0.6) is 11.5 Å². The second kappa shape index (κ2) is 7.12. The van der Waals surface area contributed by atoms with Crippen LogP contribution in [0.15, 0.2) is 30.5 Å². The zero-order valence-electron chi connectivity index (χ0n) is 16.3. The van der Waals surface area contributed by atoms with Crippen molar-refractivity contribution in [1.29, 1.82) is 0 Å². The SMILES string of the molecule is Cc1c(C)c(O)c(CCC(C)(C)O)c(C=Cc2c[nH]c3ccccc23)c1O. The standard InChI is InChI=1S/C23H27NO3/c1-14-15(2)22(26)19(11-12-23(3,4)27)18(21(14)25)10-9-16-13-24-20-8-6-5-7-17(16)20/h5-10,13,24-27H,11-12H2,1-4H3. The lowest BCUT2D eigenvalue weighted by Crippen LogP contribution is -2.19. The number of benzene rings is 2. The first kappa shape index (κ1) is 19.1. The summed E-state index contributed by atoms with van der Waals surface area (Å²) >= 11 is 0. The van der Waals surface area contributed by atoms with E-state index in [4.69, 9.17) is 0 Å². The molecule has 0 unspecified atom stereocenters. The number of nitrogens with one attached hydrogen (secondary N) is 1. The molecule has 1 heterocycles. The van der Waals surface area contributed by atoms with Gasteiger partial charge in [-0.2, -0.15) is 0 Å². The van der Waals surface area contributed by atoms with Crippen molar-refractivity contribution in [2.24, 2.45) is 0 Å². The van der Waals surface area contributed by atoms with Gasteiger partial charge in [-0.1, -0.05) is 30.4 Å². The van der Waals surface area contributed by atoms with E-state index in [0.29, 0.717) is 35.1 Å². The van der Waals surface area contributed by atoms with Gasteiger partial charge in [0.05, 0.1) is 5.60 Å². The molecule has 27 heavy (non-hydrogen) atoms. The lowest BCUT2D eigenvalue weighted by molar-refractivity contribution is 0.0712. The molecule has 0 saturated heterocycles. The van der Waals surface area contributed by atoms with E-state index >= 15 is 0 Å². The van der Waals surface area contributed by atoms with Crippen LogP contribution in [-0.4, -0.2) is 25.9 Å². The van der Waals surface area contributed by atoms with Crippen LogP contribution in [-0.2, 0) is 6.42 Å². The summed E-state index contributed by atoms with van der Waals surface area (Å²) in [4.78, 5) is 3.23. The molecule has 0 aliphatic heterocycles. The maximum atomic E-state index is 10.7. The van der Waals surface area contributed by atoms with E-state index in [2.05, 4.69) is 4.98 Å². The number of aromatic nitrogens is 1. The highest BCUT2D eigenvalue weighted by atomic mass is 16.3. The summed E-state index contributed by atoms with van der Waals surface area (Å²) in [5, 5.41) is 32.6. The zero-order valence-corrected chi connectivity index (χ0v) is 16.3. The smallest absolute Gasteiger partial charge is 0.126 e. The van der Waals surface area contributed by atoms with E-state index in [1.54, 1.807) is 27.7 Å². The van der Waals surface area contributed by atoms with Gasteiger partial charge in [-0.05, 0) is 63.3 Å². The number of aromatic amines is 1. The summed E-state index contributed by atoms with van der Waals surface area (Å²) in [6.45, 7) is 7.08. The molecule has 1 aromatic heterocycles. The van der Waals surface area contributed by atoms with Gasteiger partial charge in [-0.15, -0.1) is 0 Å². The van der Waals surface area contributed by atoms with Crippen LogP contribution >= 0.6 is 0 Å². The number of hydrogen-bond acceptors (Lipinski definition) is 3. The van der Waals surface area contributed by atoms with Crippen molar-refractivity contribution in [1.82, 2.24) is 4.98 Å². The molecular weight excluding hydrogens is 338 g/mol. The largest absolute Gasteiger partial charge is 0.507 e. The first-order chi connectivity index (χ1) is 12.7. The Kier molecular flexibility index (Phi) is 5.03. The van der Waals surface area contributed by atoms with Gasteiger partial charge in [0.2, 0.25) is 0 Å². The highest BCUT2D eigenvalue weighted by molar-refractivity contribution is 5.92. The Morgan fingerprint density at radius 1 is 1.00 bits per heavy atom. The zero-order chi connectivity index (χ0) is 19.8. The van der Waals surface area contributed by atoms with Crippen molar-refractivity contribution in [3.05, 3.63) is 58.3 Å². The molecule has 4 nitrogen and oxygen atoms in total. The molecule has 4 heteroatoms. The van der Waals surface area contributed by atoms with E-state index in [1.807, 2.05) is 42.6 Å². The maximum Gasteiger partial charge on any atom is 0.126 e. The second-order valence-corrected chi connectivity index (χ2v) is 7.77. The Hall–Kier alpha value is -2.72. The highest BCUT2D eigenvalue weighted by Gasteiger charge is 2.20. The first-order valence-electron chi connectivity index (χ1n) is 9.19. The van der Waals surface area contributed by atoms with Gasteiger partial charge < -0.3 is 20.3 Å². The van der Waals surface area contributed by atoms with Crippen molar-refractivity contribution >= 4 is 23.1 Å². The highest BCUT2D eigenvalue weighted by Crippen LogP contribution is 2.39. The predicted octanol–water partition coefficient (Wildman–Crippen LogP) is 5.07. The van der Waals surface area contributed by atoms with Crippen LogP contribution in [0, 0.1) is 13.8 Å². The molecule has 3 aromatic rings. The molecule has 0 aliphatic rings. The van der Waals surface area contributed by atoms with Crippen molar-refractivity contribution < 1.29 is 15.3 Å². The van der Waals surface area contributed by atoms with Crippen LogP contribution in [0.2, 0.25) is 0 Å². The quantitative estimate of drug-likeness (QED) is 0.477. The summed E-state index contributed by atoms with van der Waals surface area (Å²) < 4.78 is 0. The molecular formula is C23H27NO3. The number of aromatic hydroxyl groups is 2. The second-order valence-electron chi connectivity index (χ2n) is 7.77. The monoisotopic (exact) mass is 365 g/mol. The van der Waals surface area contributed by atoms with Crippen molar-refractivity contribution in [2.45, 2.75) is 46.1 Å². The molecule has 142 valence electrons. The third kappa shape index (κ3) is 3.86. The van der Waals surface area contributed by atoms with Crippen LogP contribution < -0.4 is 0 Å². The minimum Gasteiger partial charge on any atom is -0.507 e. The van der Waals surface area contributed by atoms with Crippen LogP contribution in [0.4, 0.5) is 0 Å². The Bertz CT molecular complexity index is 1010. The summed E-state index contributed by atoms with van der Waals surface area (Å²) in [6, 6.07) is 8.02. The first-order valence-corrected chi connectivity index (χ1v) is 9.19. The molecule has 0 atom stereocenters. The molecule has 3 rings (SSSR count). The summed E-state index contributed by atoms with van der Waals surface area (Å²) in [5.41, 5.74) is 3.81. The van der Waals surface area contributed by atoms with Crippen molar-refractivity contribution in [3.63, 3.8) is 0 Å². The Morgan fingerprint density at radius 2 is 1.67 bits per heavy atom. The fourth-order valence-electron chi connectivity index (χ4n) is 3.32. The van der Waals surface area contributed by atoms with Crippen molar-refractivity contribution in [2.75, 3.05) is 0 Å². The molecule has 2 aromatic carbocycles. The number of fused-ring (bicyclic) bond motifs is 1. The fraction of sp³-hybridized carbons (Fsp3) is 0.304. The minimum atomic E-state index is -0.849. The van der Waals surface area contributed by atoms with E-state index in [1.165, 1.54) is 0 Å². The minimum absolute atomic E-state index is 0.173. The number of H-pyrrole nitrogens is 1. The lowest BCUT2D eigenvalue weighted by atomic mass is 9.90.